The smallest absolute Gasteiger partial charge is 0.270 e. The minimum atomic E-state index is -4.00. The highest BCUT2D eigenvalue weighted by atomic mass is 32.2. The summed E-state index contributed by atoms with van der Waals surface area (Å²) in [5, 5.41) is -0.893. The third-order valence-electron chi connectivity index (χ3n) is 3.61. The Morgan fingerprint density at radius 1 is 1.12 bits per heavy atom. The first-order valence-corrected chi connectivity index (χ1v) is 9.04. The van der Waals surface area contributed by atoms with Gasteiger partial charge in [0, 0.05) is 25.5 Å². The standard InChI is InChI=1S/C17H20N2O4S/c1-12(2)16(13-7-5-4-6-8-13)24(22,23)18-17(21)14-11-19(3)10-9-15(14)20/h4-12,16H,1-3H3,(H,18,21). The lowest BCUT2D eigenvalue weighted by molar-refractivity contribution is 0.0979. The number of pyridine rings is 1. The van der Waals surface area contributed by atoms with Gasteiger partial charge < -0.3 is 4.57 Å². The van der Waals surface area contributed by atoms with Crippen LogP contribution in [0.5, 0.6) is 0 Å². The molecule has 2 rings (SSSR count). The molecule has 0 radical (unpaired) electrons. The highest BCUT2D eigenvalue weighted by Crippen LogP contribution is 2.29. The minimum Gasteiger partial charge on any atom is -0.356 e. The van der Waals surface area contributed by atoms with Crippen molar-refractivity contribution in [3.05, 3.63) is 70.1 Å². The maximum atomic E-state index is 12.7. The fraction of sp³-hybridized carbons (Fsp3) is 0.294. The van der Waals surface area contributed by atoms with Crippen LogP contribution >= 0.6 is 0 Å². The van der Waals surface area contributed by atoms with Crippen molar-refractivity contribution in [2.24, 2.45) is 13.0 Å². The first-order valence-electron chi connectivity index (χ1n) is 7.49. The largest absolute Gasteiger partial charge is 0.356 e. The van der Waals surface area contributed by atoms with E-state index in [-0.39, 0.29) is 11.5 Å². The molecular weight excluding hydrogens is 328 g/mol. The van der Waals surface area contributed by atoms with E-state index in [1.54, 1.807) is 51.2 Å². The van der Waals surface area contributed by atoms with Crippen LogP contribution in [0.2, 0.25) is 0 Å². The van der Waals surface area contributed by atoms with Crippen molar-refractivity contribution >= 4 is 15.9 Å². The summed E-state index contributed by atoms with van der Waals surface area (Å²) >= 11 is 0. The maximum Gasteiger partial charge on any atom is 0.270 e. The van der Waals surface area contributed by atoms with Gasteiger partial charge in [0.05, 0.1) is 0 Å². The summed E-state index contributed by atoms with van der Waals surface area (Å²) in [6.07, 6.45) is 2.80. The van der Waals surface area contributed by atoms with Crippen LogP contribution in [0, 0.1) is 5.92 Å². The van der Waals surface area contributed by atoms with E-state index in [2.05, 4.69) is 0 Å². The van der Waals surface area contributed by atoms with E-state index in [4.69, 9.17) is 0 Å². The number of nitrogens with one attached hydrogen (secondary N) is 1. The zero-order chi connectivity index (χ0) is 17.9. The molecule has 1 atom stereocenters. The van der Waals surface area contributed by atoms with Gasteiger partial charge in [-0.1, -0.05) is 44.2 Å². The number of hydrogen-bond donors (Lipinski definition) is 1. The van der Waals surface area contributed by atoms with E-state index in [0.29, 0.717) is 5.56 Å². The van der Waals surface area contributed by atoms with Crippen LogP contribution in [-0.2, 0) is 17.1 Å². The van der Waals surface area contributed by atoms with Crippen molar-refractivity contribution in [2.45, 2.75) is 19.1 Å². The molecule has 1 unspecified atom stereocenters. The second-order valence-electron chi connectivity index (χ2n) is 5.94. The fourth-order valence-electron chi connectivity index (χ4n) is 2.57. The topological polar surface area (TPSA) is 85.2 Å². The van der Waals surface area contributed by atoms with Crippen molar-refractivity contribution in [3.63, 3.8) is 0 Å². The van der Waals surface area contributed by atoms with Gasteiger partial charge in [0.25, 0.3) is 5.91 Å². The highest BCUT2D eigenvalue weighted by Gasteiger charge is 2.32. The predicted octanol–water partition coefficient (Wildman–Crippen LogP) is 1.84. The van der Waals surface area contributed by atoms with Gasteiger partial charge >= 0.3 is 0 Å². The lowest BCUT2D eigenvalue weighted by Crippen LogP contribution is -2.38. The molecule has 1 aromatic heterocycles. The lowest BCUT2D eigenvalue weighted by Gasteiger charge is -2.22. The average molecular weight is 348 g/mol. The van der Waals surface area contributed by atoms with Crippen LogP contribution in [0.3, 0.4) is 0 Å². The summed E-state index contributed by atoms with van der Waals surface area (Å²) in [6, 6.07) is 9.91. The van der Waals surface area contributed by atoms with Crippen molar-refractivity contribution in [1.29, 1.82) is 0 Å². The van der Waals surface area contributed by atoms with Crippen molar-refractivity contribution in [2.75, 3.05) is 0 Å². The van der Waals surface area contributed by atoms with Gasteiger partial charge in [-0.3, -0.25) is 9.59 Å². The molecule has 0 spiro atoms. The average Bonchev–Trinajstić information content (AvgIpc) is 2.49. The number of hydrogen-bond acceptors (Lipinski definition) is 4. The fourth-order valence-corrected chi connectivity index (χ4v) is 4.30. The summed E-state index contributed by atoms with van der Waals surface area (Å²) in [5.41, 5.74) is -0.144. The number of amides is 1. The summed E-state index contributed by atoms with van der Waals surface area (Å²) in [7, 11) is -2.35. The number of benzene rings is 1. The Labute approximate surface area is 141 Å². The minimum absolute atomic E-state index is 0.209. The molecule has 0 aliphatic rings. The van der Waals surface area contributed by atoms with Gasteiger partial charge in [-0.05, 0) is 11.5 Å². The Morgan fingerprint density at radius 2 is 1.75 bits per heavy atom. The Morgan fingerprint density at radius 3 is 2.33 bits per heavy atom. The number of carbonyl (C=O) groups excluding carboxylic acids is 1. The third kappa shape index (κ3) is 3.91. The predicted molar refractivity (Wildman–Crippen MR) is 92.1 cm³/mol. The quantitative estimate of drug-likeness (QED) is 0.893. The number of rotatable bonds is 5. The van der Waals surface area contributed by atoms with Crippen LogP contribution in [-0.4, -0.2) is 18.9 Å². The number of sulfonamides is 1. The number of carbonyl (C=O) groups is 1. The zero-order valence-corrected chi connectivity index (χ0v) is 14.6. The molecule has 6 nitrogen and oxygen atoms in total. The molecule has 0 saturated heterocycles. The molecule has 0 aliphatic carbocycles. The van der Waals surface area contributed by atoms with Crippen molar-refractivity contribution < 1.29 is 13.2 Å². The molecule has 1 N–H and O–H groups in total. The molecule has 1 amide bonds. The molecule has 7 heteroatoms. The molecular formula is C17H20N2O4S. The highest BCUT2D eigenvalue weighted by molar-refractivity contribution is 7.90. The second-order valence-corrected chi connectivity index (χ2v) is 7.74. The molecule has 1 aromatic carbocycles. The van der Waals surface area contributed by atoms with Crippen LogP contribution < -0.4 is 10.2 Å². The van der Waals surface area contributed by atoms with Gasteiger partial charge in [-0.25, -0.2) is 13.1 Å². The molecule has 2 aromatic rings. The molecule has 0 saturated carbocycles. The molecule has 24 heavy (non-hydrogen) atoms. The Bertz CT molecular complexity index is 886. The summed E-state index contributed by atoms with van der Waals surface area (Å²) in [4.78, 5) is 24.1. The van der Waals surface area contributed by atoms with Gasteiger partial charge in [0.1, 0.15) is 10.8 Å². The molecule has 0 bridgehead atoms. The van der Waals surface area contributed by atoms with E-state index < -0.39 is 26.6 Å². The van der Waals surface area contributed by atoms with Crippen LogP contribution in [0.25, 0.3) is 0 Å². The SMILES string of the molecule is CC(C)C(c1ccccc1)S(=O)(=O)NC(=O)c1cn(C)ccc1=O. The first kappa shape index (κ1) is 17.9. The summed E-state index contributed by atoms with van der Waals surface area (Å²) in [5.74, 6) is -1.17. The Kier molecular flexibility index (Phi) is 5.23. The molecule has 0 aliphatic heterocycles. The van der Waals surface area contributed by atoms with Gasteiger partial charge in [0.2, 0.25) is 10.0 Å². The zero-order valence-electron chi connectivity index (χ0n) is 13.8. The summed E-state index contributed by atoms with van der Waals surface area (Å²) < 4.78 is 29.0. The van der Waals surface area contributed by atoms with E-state index in [0.717, 1.165) is 0 Å². The van der Waals surface area contributed by atoms with E-state index in [1.165, 1.54) is 23.0 Å². The third-order valence-corrected chi connectivity index (χ3v) is 5.56. The number of nitrogens with zero attached hydrogens (tertiary/aromatic N) is 1. The molecule has 128 valence electrons. The monoisotopic (exact) mass is 348 g/mol. The lowest BCUT2D eigenvalue weighted by atomic mass is 10.0. The van der Waals surface area contributed by atoms with Crippen molar-refractivity contribution in [3.8, 4) is 0 Å². The number of aromatic nitrogens is 1. The van der Waals surface area contributed by atoms with Crippen LogP contribution in [0.15, 0.2) is 53.6 Å². The van der Waals surface area contributed by atoms with E-state index in [9.17, 15) is 18.0 Å². The van der Waals surface area contributed by atoms with Gasteiger partial charge in [0.15, 0.2) is 5.43 Å². The van der Waals surface area contributed by atoms with Crippen LogP contribution in [0.4, 0.5) is 0 Å². The van der Waals surface area contributed by atoms with Gasteiger partial charge in [-0.2, -0.15) is 0 Å². The normalized spacial score (nSPS) is 12.8. The van der Waals surface area contributed by atoms with Gasteiger partial charge in [-0.15, -0.1) is 0 Å². The molecule has 0 fully saturated rings. The second kappa shape index (κ2) is 7.00. The first-order chi connectivity index (χ1) is 11.2. The summed E-state index contributed by atoms with van der Waals surface area (Å²) in [6.45, 7) is 3.53. The Hall–Kier alpha value is -2.41. The van der Waals surface area contributed by atoms with Crippen molar-refractivity contribution in [1.82, 2.24) is 9.29 Å². The number of aryl methyl sites for hydroxylation is 1. The van der Waals surface area contributed by atoms with Crippen LogP contribution in [0.1, 0.15) is 35.0 Å². The van der Waals surface area contributed by atoms with E-state index in [1.807, 2.05) is 4.72 Å². The van der Waals surface area contributed by atoms with E-state index >= 15 is 0 Å². The molecule has 1 heterocycles. The Balaban J connectivity index is 2.37. The maximum absolute atomic E-state index is 12.7.